The number of aromatic nitrogens is 1. The van der Waals surface area contributed by atoms with E-state index >= 15 is 0 Å². The Kier molecular flexibility index (Phi) is 5.18. The number of pyridine rings is 1. The Morgan fingerprint density at radius 3 is 2.53 bits per heavy atom. The standard InChI is InChI=1S/C21H19FN4O4/c22-14-2-4-15(5-3-14)24-8-1-9-25(11-10-24)21(28)18-13-20(27)23-19-7-6-16(26(29)30)12-17(18)19/h2-7,12-13H,1,8-11H2,(H,23,27). The summed E-state index contributed by atoms with van der Waals surface area (Å²) in [6, 6.07) is 11.4. The van der Waals surface area contributed by atoms with E-state index < -0.39 is 10.5 Å². The Bertz CT molecular complexity index is 1180. The Balaban J connectivity index is 1.62. The zero-order valence-corrected chi connectivity index (χ0v) is 16.0. The number of anilines is 1. The van der Waals surface area contributed by atoms with Crippen molar-refractivity contribution in [1.29, 1.82) is 0 Å². The van der Waals surface area contributed by atoms with Crippen molar-refractivity contribution in [2.24, 2.45) is 0 Å². The first-order valence-corrected chi connectivity index (χ1v) is 9.53. The molecule has 1 aromatic heterocycles. The number of H-pyrrole nitrogens is 1. The summed E-state index contributed by atoms with van der Waals surface area (Å²) in [5.74, 6) is -0.645. The fraction of sp³-hybridized carbons (Fsp3) is 0.238. The molecule has 3 aromatic rings. The lowest BCUT2D eigenvalue weighted by Gasteiger charge is -2.24. The molecule has 0 radical (unpaired) electrons. The minimum atomic E-state index is -0.536. The van der Waals surface area contributed by atoms with Gasteiger partial charge in [0.2, 0.25) is 5.56 Å². The van der Waals surface area contributed by atoms with Gasteiger partial charge < -0.3 is 14.8 Å². The largest absolute Gasteiger partial charge is 0.370 e. The number of amides is 1. The van der Waals surface area contributed by atoms with Crippen LogP contribution in [0.4, 0.5) is 15.8 Å². The van der Waals surface area contributed by atoms with Gasteiger partial charge in [0.1, 0.15) is 5.82 Å². The predicted octanol–water partition coefficient (Wildman–Crippen LogP) is 2.93. The van der Waals surface area contributed by atoms with Crippen LogP contribution in [-0.2, 0) is 0 Å². The molecule has 1 saturated heterocycles. The molecule has 1 aliphatic heterocycles. The van der Waals surface area contributed by atoms with Crippen molar-refractivity contribution in [3.63, 3.8) is 0 Å². The summed E-state index contributed by atoms with van der Waals surface area (Å²) in [6.07, 6.45) is 0.699. The Morgan fingerprint density at radius 1 is 1.03 bits per heavy atom. The zero-order valence-electron chi connectivity index (χ0n) is 16.0. The molecule has 1 N–H and O–H groups in total. The average molecular weight is 410 g/mol. The number of nitro groups is 1. The maximum atomic E-state index is 13.2. The minimum Gasteiger partial charge on any atom is -0.370 e. The van der Waals surface area contributed by atoms with E-state index in [4.69, 9.17) is 0 Å². The van der Waals surface area contributed by atoms with E-state index in [1.807, 2.05) is 0 Å². The molecule has 1 fully saturated rings. The van der Waals surface area contributed by atoms with E-state index in [1.165, 1.54) is 36.4 Å². The molecular formula is C21H19FN4O4. The minimum absolute atomic E-state index is 0.146. The molecular weight excluding hydrogens is 391 g/mol. The van der Waals surface area contributed by atoms with Gasteiger partial charge >= 0.3 is 0 Å². The van der Waals surface area contributed by atoms with Gasteiger partial charge in [-0.25, -0.2) is 4.39 Å². The Morgan fingerprint density at radius 2 is 1.80 bits per heavy atom. The van der Waals surface area contributed by atoms with Crippen molar-refractivity contribution < 1.29 is 14.1 Å². The molecule has 2 heterocycles. The first kappa shape index (κ1) is 19.6. The first-order chi connectivity index (χ1) is 14.4. The molecule has 8 nitrogen and oxygen atoms in total. The number of nitro benzene ring substituents is 1. The third-order valence-electron chi connectivity index (χ3n) is 5.24. The number of carbonyl (C=O) groups excluding carboxylic acids is 1. The summed E-state index contributed by atoms with van der Waals surface area (Å²) in [6.45, 7) is 2.16. The lowest BCUT2D eigenvalue weighted by atomic mass is 10.1. The van der Waals surface area contributed by atoms with Crippen LogP contribution in [0.2, 0.25) is 0 Å². The second kappa shape index (κ2) is 7.94. The highest BCUT2D eigenvalue weighted by Gasteiger charge is 2.23. The molecule has 2 aromatic carbocycles. The van der Waals surface area contributed by atoms with Gasteiger partial charge in [0.25, 0.3) is 11.6 Å². The van der Waals surface area contributed by atoms with Crippen molar-refractivity contribution in [3.8, 4) is 0 Å². The smallest absolute Gasteiger partial charge is 0.270 e. The van der Waals surface area contributed by atoms with Crippen LogP contribution in [0.3, 0.4) is 0 Å². The molecule has 30 heavy (non-hydrogen) atoms. The second-order valence-corrected chi connectivity index (χ2v) is 7.14. The SMILES string of the molecule is O=C(c1cc(=O)[nH]c2ccc([N+](=O)[O-])cc12)N1CCCN(c2ccc(F)cc2)CC1. The molecule has 0 saturated carbocycles. The maximum Gasteiger partial charge on any atom is 0.270 e. The van der Waals surface area contributed by atoms with Gasteiger partial charge in [-0.2, -0.15) is 0 Å². The molecule has 1 amide bonds. The fourth-order valence-electron chi connectivity index (χ4n) is 3.73. The third kappa shape index (κ3) is 3.86. The van der Waals surface area contributed by atoms with Crippen LogP contribution in [0, 0.1) is 15.9 Å². The quantitative estimate of drug-likeness (QED) is 0.529. The van der Waals surface area contributed by atoms with Gasteiger partial charge in [-0.15, -0.1) is 0 Å². The summed E-state index contributed by atoms with van der Waals surface area (Å²) >= 11 is 0. The third-order valence-corrected chi connectivity index (χ3v) is 5.24. The van der Waals surface area contributed by atoms with Crippen molar-refractivity contribution in [2.75, 3.05) is 31.1 Å². The van der Waals surface area contributed by atoms with E-state index in [0.29, 0.717) is 43.5 Å². The van der Waals surface area contributed by atoms with Crippen molar-refractivity contribution in [3.05, 3.63) is 80.4 Å². The van der Waals surface area contributed by atoms with E-state index in [0.717, 1.165) is 5.69 Å². The first-order valence-electron chi connectivity index (χ1n) is 9.53. The molecule has 1 aliphatic rings. The van der Waals surface area contributed by atoms with E-state index in [1.54, 1.807) is 17.0 Å². The summed E-state index contributed by atoms with van der Waals surface area (Å²) < 4.78 is 13.2. The number of aromatic amines is 1. The maximum absolute atomic E-state index is 13.2. The van der Waals surface area contributed by atoms with Crippen LogP contribution < -0.4 is 10.5 Å². The highest BCUT2D eigenvalue weighted by molar-refractivity contribution is 6.06. The molecule has 0 bridgehead atoms. The summed E-state index contributed by atoms with van der Waals surface area (Å²) in [4.78, 5) is 42.2. The topological polar surface area (TPSA) is 99.5 Å². The van der Waals surface area contributed by atoms with Gasteiger partial charge in [0.15, 0.2) is 0 Å². The monoisotopic (exact) mass is 410 g/mol. The number of nitrogens with zero attached hydrogens (tertiary/aromatic N) is 3. The average Bonchev–Trinajstić information content (AvgIpc) is 2.99. The van der Waals surface area contributed by atoms with Crippen LogP contribution >= 0.6 is 0 Å². The number of carbonyl (C=O) groups is 1. The lowest BCUT2D eigenvalue weighted by molar-refractivity contribution is -0.384. The summed E-state index contributed by atoms with van der Waals surface area (Å²) in [5, 5.41) is 11.5. The number of non-ortho nitro benzene ring substituents is 1. The molecule has 0 atom stereocenters. The summed E-state index contributed by atoms with van der Waals surface area (Å²) in [7, 11) is 0. The van der Waals surface area contributed by atoms with Crippen LogP contribution in [0.15, 0.2) is 53.3 Å². The van der Waals surface area contributed by atoms with Gasteiger partial charge in [0.05, 0.1) is 10.5 Å². The lowest BCUT2D eigenvalue weighted by Crippen LogP contribution is -2.35. The highest BCUT2D eigenvalue weighted by Crippen LogP contribution is 2.24. The molecule has 0 unspecified atom stereocenters. The number of hydrogen-bond acceptors (Lipinski definition) is 5. The second-order valence-electron chi connectivity index (χ2n) is 7.14. The van der Waals surface area contributed by atoms with Crippen molar-refractivity contribution in [1.82, 2.24) is 9.88 Å². The number of nitrogens with one attached hydrogen (secondary N) is 1. The molecule has 9 heteroatoms. The van der Waals surface area contributed by atoms with E-state index in [9.17, 15) is 24.1 Å². The van der Waals surface area contributed by atoms with Crippen LogP contribution in [-0.4, -0.2) is 46.9 Å². The van der Waals surface area contributed by atoms with Crippen LogP contribution in [0.1, 0.15) is 16.8 Å². The Labute approximate surface area is 170 Å². The van der Waals surface area contributed by atoms with Crippen molar-refractivity contribution >= 4 is 28.2 Å². The number of hydrogen-bond donors (Lipinski definition) is 1. The van der Waals surface area contributed by atoms with Gasteiger partial charge in [-0.1, -0.05) is 0 Å². The van der Waals surface area contributed by atoms with Crippen molar-refractivity contribution in [2.45, 2.75) is 6.42 Å². The Hall–Kier alpha value is -3.75. The molecule has 0 spiro atoms. The van der Waals surface area contributed by atoms with E-state index in [-0.39, 0.29) is 23.0 Å². The van der Waals surface area contributed by atoms with Gasteiger partial charge in [0, 0.05) is 61.0 Å². The number of rotatable bonds is 3. The van der Waals surface area contributed by atoms with Crippen LogP contribution in [0.5, 0.6) is 0 Å². The normalized spacial score (nSPS) is 14.6. The summed E-state index contributed by atoms with van der Waals surface area (Å²) in [5.41, 5.74) is 0.805. The molecule has 154 valence electrons. The predicted molar refractivity (Wildman–Crippen MR) is 110 cm³/mol. The van der Waals surface area contributed by atoms with Gasteiger partial charge in [-0.05, 0) is 36.8 Å². The number of halogens is 1. The number of fused-ring (bicyclic) bond motifs is 1. The van der Waals surface area contributed by atoms with Crippen LogP contribution in [0.25, 0.3) is 10.9 Å². The fourth-order valence-corrected chi connectivity index (χ4v) is 3.73. The number of benzene rings is 2. The van der Waals surface area contributed by atoms with Gasteiger partial charge in [-0.3, -0.25) is 19.7 Å². The molecule has 0 aliphatic carbocycles. The zero-order chi connectivity index (χ0) is 21.3. The van der Waals surface area contributed by atoms with E-state index in [2.05, 4.69) is 9.88 Å². The highest BCUT2D eigenvalue weighted by atomic mass is 19.1. The molecule has 4 rings (SSSR count).